The van der Waals surface area contributed by atoms with E-state index in [1.807, 2.05) is 6.92 Å². The molecule has 1 amide bonds. The van der Waals surface area contributed by atoms with Crippen LogP contribution < -0.4 is 5.32 Å². The van der Waals surface area contributed by atoms with Crippen LogP contribution in [0.5, 0.6) is 0 Å². The van der Waals surface area contributed by atoms with E-state index < -0.39 is 0 Å². The fraction of sp³-hybridized carbons (Fsp3) is 0.818. The first-order valence-electron chi connectivity index (χ1n) is 5.76. The summed E-state index contributed by atoms with van der Waals surface area (Å²) in [5, 5.41) is 2.82. The van der Waals surface area contributed by atoms with E-state index in [0.717, 1.165) is 25.8 Å². The molecule has 1 N–H and O–H groups in total. The van der Waals surface area contributed by atoms with Crippen molar-refractivity contribution in [2.24, 2.45) is 0 Å². The van der Waals surface area contributed by atoms with Crippen molar-refractivity contribution >= 4 is 11.7 Å². The lowest BCUT2D eigenvalue weighted by Gasteiger charge is -2.39. The number of hydrogen-bond donors (Lipinski definition) is 1. The van der Waals surface area contributed by atoms with Crippen LogP contribution in [0.3, 0.4) is 0 Å². The average molecular weight is 210 g/mol. The molecule has 1 heterocycles. The van der Waals surface area contributed by atoms with Gasteiger partial charge in [0.2, 0.25) is 5.91 Å². The van der Waals surface area contributed by atoms with Gasteiger partial charge in [-0.25, -0.2) is 0 Å². The summed E-state index contributed by atoms with van der Waals surface area (Å²) in [6.07, 6.45) is 3.75. The first-order valence-corrected chi connectivity index (χ1v) is 5.76. The Morgan fingerprint density at radius 3 is 2.87 bits per heavy atom. The number of piperazine rings is 1. The molecule has 0 bridgehead atoms. The van der Waals surface area contributed by atoms with Crippen LogP contribution in [0.25, 0.3) is 0 Å². The van der Waals surface area contributed by atoms with Gasteiger partial charge < -0.3 is 5.32 Å². The summed E-state index contributed by atoms with van der Waals surface area (Å²) >= 11 is 0. The van der Waals surface area contributed by atoms with Crippen molar-refractivity contribution in [2.75, 3.05) is 13.1 Å². The largest absolute Gasteiger partial charge is 0.353 e. The van der Waals surface area contributed by atoms with Crippen LogP contribution in [-0.2, 0) is 9.59 Å². The van der Waals surface area contributed by atoms with Crippen molar-refractivity contribution in [3.63, 3.8) is 0 Å². The molecule has 4 heteroatoms. The molecule has 1 aliphatic carbocycles. The minimum Gasteiger partial charge on any atom is -0.353 e. The third kappa shape index (κ3) is 2.04. The van der Waals surface area contributed by atoms with Gasteiger partial charge in [0, 0.05) is 19.5 Å². The predicted octanol–water partition coefficient (Wildman–Crippen LogP) is 0.318. The molecule has 2 aliphatic rings. The number of nitrogens with one attached hydrogen (secondary N) is 1. The zero-order valence-electron chi connectivity index (χ0n) is 9.16. The van der Waals surface area contributed by atoms with E-state index in [-0.39, 0.29) is 18.0 Å². The standard InChI is InChI=1S/C11H18N2O2/c1-8-11(15)12-6-7-13(8)9-4-2-3-5-10(9)14/h8-9H,2-7H2,1H3,(H,12,15). The monoisotopic (exact) mass is 210 g/mol. The van der Waals surface area contributed by atoms with Gasteiger partial charge in [-0.15, -0.1) is 0 Å². The number of amides is 1. The molecule has 0 radical (unpaired) electrons. The number of rotatable bonds is 1. The van der Waals surface area contributed by atoms with Crippen LogP contribution in [0.15, 0.2) is 0 Å². The third-order valence-corrected chi connectivity index (χ3v) is 3.47. The van der Waals surface area contributed by atoms with Crippen molar-refractivity contribution in [3.8, 4) is 0 Å². The molecular formula is C11H18N2O2. The van der Waals surface area contributed by atoms with Crippen LogP contribution in [0, 0.1) is 0 Å². The third-order valence-electron chi connectivity index (χ3n) is 3.47. The summed E-state index contributed by atoms with van der Waals surface area (Å²) in [4.78, 5) is 25.3. The van der Waals surface area contributed by atoms with Crippen LogP contribution in [0.4, 0.5) is 0 Å². The molecule has 2 unspecified atom stereocenters. The van der Waals surface area contributed by atoms with Gasteiger partial charge in [-0.2, -0.15) is 0 Å². The molecule has 0 aromatic rings. The first kappa shape index (κ1) is 10.6. The summed E-state index contributed by atoms with van der Waals surface area (Å²) in [7, 11) is 0. The number of ketones is 1. The Morgan fingerprint density at radius 1 is 1.33 bits per heavy atom. The summed E-state index contributed by atoms with van der Waals surface area (Å²) in [6.45, 7) is 3.37. The van der Waals surface area contributed by atoms with Gasteiger partial charge in [0.1, 0.15) is 5.78 Å². The molecule has 1 saturated heterocycles. The summed E-state index contributed by atoms with van der Waals surface area (Å²) < 4.78 is 0. The highest BCUT2D eigenvalue weighted by atomic mass is 16.2. The zero-order valence-corrected chi connectivity index (χ0v) is 9.16. The molecular weight excluding hydrogens is 192 g/mol. The second-order valence-corrected chi connectivity index (χ2v) is 4.43. The first-order chi connectivity index (χ1) is 7.20. The number of carbonyl (C=O) groups excluding carboxylic acids is 2. The highest BCUT2D eigenvalue weighted by Gasteiger charge is 2.35. The molecule has 0 aromatic carbocycles. The zero-order chi connectivity index (χ0) is 10.8. The van der Waals surface area contributed by atoms with E-state index >= 15 is 0 Å². The smallest absolute Gasteiger partial charge is 0.237 e. The Balaban J connectivity index is 2.07. The normalized spacial score (nSPS) is 33.9. The van der Waals surface area contributed by atoms with Crippen LogP contribution in [0.1, 0.15) is 32.6 Å². The Morgan fingerprint density at radius 2 is 2.13 bits per heavy atom. The Bertz CT molecular complexity index is 278. The fourth-order valence-electron chi connectivity index (χ4n) is 2.54. The van der Waals surface area contributed by atoms with Gasteiger partial charge >= 0.3 is 0 Å². The van der Waals surface area contributed by atoms with E-state index in [2.05, 4.69) is 10.2 Å². The average Bonchev–Trinajstić information content (AvgIpc) is 2.23. The number of nitrogens with zero attached hydrogens (tertiary/aromatic N) is 1. The lowest BCUT2D eigenvalue weighted by Crippen LogP contribution is -2.59. The Hall–Kier alpha value is -0.900. The lowest BCUT2D eigenvalue weighted by molar-refractivity contribution is -0.135. The molecule has 1 aliphatic heterocycles. The van der Waals surface area contributed by atoms with Crippen LogP contribution in [-0.4, -0.2) is 41.8 Å². The second-order valence-electron chi connectivity index (χ2n) is 4.43. The van der Waals surface area contributed by atoms with Crippen molar-refractivity contribution in [3.05, 3.63) is 0 Å². The quantitative estimate of drug-likeness (QED) is 0.678. The topological polar surface area (TPSA) is 49.4 Å². The summed E-state index contributed by atoms with van der Waals surface area (Å²) in [6, 6.07) is -0.148. The molecule has 84 valence electrons. The molecule has 0 aromatic heterocycles. The van der Waals surface area contributed by atoms with Crippen molar-refractivity contribution in [1.29, 1.82) is 0 Å². The van der Waals surface area contributed by atoms with Gasteiger partial charge in [-0.3, -0.25) is 14.5 Å². The Kier molecular flexibility index (Phi) is 3.05. The minimum atomic E-state index is -0.147. The number of hydrogen-bond acceptors (Lipinski definition) is 3. The maximum atomic E-state index is 11.8. The summed E-state index contributed by atoms with van der Waals surface area (Å²) in [5.74, 6) is 0.377. The molecule has 2 atom stereocenters. The molecule has 15 heavy (non-hydrogen) atoms. The maximum absolute atomic E-state index is 11.8. The van der Waals surface area contributed by atoms with Crippen LogP contribution in [0.2, 0.25) is 0 Å². The van der Waals surface area contributed by atoms with Gasteiger partial charge in [-0.05, 0) is 19.8 Å². The predicted molar refractivity (Wildman–Crippen MR) is 56.4 cm³/mol. The van der Waals surface area contributed by atoms with Gasteiger partial charge in [0.25, 0.3) is 0 Å². The van der Waals surface area contributed by atoms with E-state index in [1.54, 1.807) is 0 Å². The van der Waals surface area contributed by atoms with Gasteiger partial charge in [0.15, 0.2) is 0 Å². The van der Waals surface area contributed by atoms with Crippen molar-refractivity contribution in [1.82, 2.24) is 10.2 Å². The van der Waals surface area contributed by atoms with Crippen molar-refractivity contribution in [2.45, 2.75) is 44.7 Å². The number of Topliss-reactive ketones (excluding diaryl/α,β-unsaturated/α-hetero) is 1. The Labute approximate surface area is 90.0 Å². The molecule has 2 fully saturated rings. The van der Waals surface area contributed by atoms with Crippen LogP contribution >= 0.6 is 0 Å². The van der Waals surface area contributed by atoms with E-state index in [9.17, 15) is 9.59 Å². The maximum Gasteiger partial charge on any atom is 0.237 e. The number of carbonyl (C=O) groups is 2. The lowest BCUT2D eigenvalue weighted by atomic mass is 9.91. The summed E-state index contributed by atoms with van der Waals surface area (Å²) in [5.41, 5.74) is 0. The molecule has 2 rings (SSSR count). The van der Waals surface area contributed by atoms with Gasteiger partial charge in [0.05, 0.1) is 12.1 Å². The highest BCUT2D eigenvalue weighted by molar-refractivity contribution is 5.87. The van der Waals surface area contributed by atoms with Gasteiger partial charge in [-0.1, -0.05) is 6.42 Å². The fourth-order valence-corrected chi connectivity index (χ4v) is 2.54. The molecule has 0 spiro atoms. The van der Waals surface area contributed by atoms with E-state index in [1.165, 1.54) is 0 Å². The highest BCUT2D eigenvalue weighted by Crippen LogP contribution is 2.22. The molecule has 4 nitrogen and oxygen atoms in total. The molecule has 1 saturated carbocycles. The van der Waals surface area contributed by atoms with E-state index in [4.69, 9.17) is 0 Å². The van der Waals surface area contributed by atoms with Crippen molar-refractivity contribution < 1.29 is 9.59 Å². The van der Waals surface area contributed by atoms with E-state index in [0.29, 0.717) is 18.7 Å². The second kappa shape index (κ2) is 4.31. The minimum absolute atomic E-state index is 0.000185. The SMILES string of the molecule is CC1C(=O)NCCN1C1CCCCC1=O.